The molecule has 0 aliphatic rings. The van der Waals surface area contributed by atoms with Crippen molar-refractivity contribution in [2.45, 2.75) is 70.1 Å². The van der Waals surface area contributed by atoms with Gasteiger partial charge >= 0.3 is 11.9 Å². The molecule has 0 heterocycles. The number of rotatable bonds is 17. The normalized spacial score (nSPS) is 14.0. The van der Waals surface area contributed by atoms with E-state index in [1.165, 1.54) is 0 Å². The lowest BCUT2D eigenvalue weighted by molar-refractivity contribution is -0.143. The molecule has 36 heavy (non-hydrogen) atoms. The SMILES string of the molecule is CC(C)C(NC(=O)C(CCCN=C(N)N)NC(=O)C(CC(N)=O)NC(=O)C(N)CCC(=O)O)C(=O)O. The molecular weight excluding hydrogens is 480 g/mol. The van der Waals surface area contributed by atoms with Crippen molar-refractivity contribution in [3.63, 3.8) is 0 Å². The maximum absolute atomic E-state index is 12.9. The van der Waals surface area contributed by atoms with Crippen molar-refractivity contribution in [3.05, 3.63) is 0 Å². The molecule has 0 aromatic rings. The van der Waals surface area contributed by atoms with Crippen LogP contribution in [0, 0.1) is 5.92 Å². The zero-order valence-electron chi connectivity index (χ0n) is 20.2. The summed E-state index contributed by atoms with van der Waals surface area (Å²) < 4.78 is 0. The van der Waals surface area contributed by atoms with Gasteiger partial charge in [0.1, 0.15) is 18.1 Å². The number of carboxylic acid groups (broad SMARTS) is 2. The summed E-state index contributed by atoms with van der Waals surface area (Å²) in [5.74, 6) is -6.76. The minimum absolute atomic E-state index is 0.0197. The second-order valence-corrected chi connectivity index (χ2v) is 8.35. The molecule has 4 unspecified atom stereocenters. The molecular formula is C20H36N8O8. The lowest BCUT2D eigenvalue weighted by atomic mass is 10.0. The van der Waals surface area contributed by atoms with E-state index in [-0.39, 0.29) is 31.8 Å². The first kappa shape index (κ1) is 32.0. The highest BCUT2D eigenvalue weighted by atomic mass is 16.4. The highest BCUT2D eigenvalue weighted by Crippen LogP contribution is 2.06. The van der Waals surface area contributed by atoms with Crippen LogP contribution in [-0.2, 0) is 28.8 Å². The van der Waals surface area contributed by atoms with E-state index >= 15 is 0 Å². The summed E-state index contributed by atoms with van der Waals surface area (Å²) in [4.78, 5) is 75.4. The van der Waals surface area contributed by atoms with Crippen molar-refractivity contribution in [2.24, 2.45) is 33.8 Å². The second kappa shape index (κ2) is 15.9. The van der Waals surface area contributed by atoms with Crippen molar-refractivity contribution in [1.29, 1.82) is 0 Å². The number of aliphatic imine (C=N–C) groups is 1. The van der Waals surface area contributed by atoms with Gasteiger partial charge in [-0.3, -0.25) is 29.0 Å². The van der Waals surface area contributed by atoms with Gasteiger partial charge in [-0.1, -0.05) is 13.8 Å². The molecule has 16 nitrogen and oxygen atoms in total. The molecule has 0 saturated heterocycles. The number of guanidine groups is 1. The Hall–Kier alpha value is -3.95. The molecule has 4 amide bonds. The van der Waals surface area contributed by atoms with Crippen LogP contribution in [0.5, 0.6) is 0 Å². The number of primary amides is 1. The standard InChI is InChI=1S/C20H36N8O8/c1-9(2)15(19(35)36)28-17(33)11(4-3-7-25-20(23)24)26-18(34)12(8-13(22)29)27-16(32)10(21)5-6-14(30)31/h9-12,15H,3-8,21H2,1-2H3,(H2,22,29)(H,26,34)(H,27,32)(H,28,33)(H,30,31)(H,35,36)(H4,23,24,25). The fourth-order valence-corrected chi connectivity index (χ4v) is 2.91. The van der Waals surface area contributed by atoms with E-state index in [2.05, 4.69) is 20.9 Å². The van der Waals surface area contributed by atoms with Crippen molar-refractivity contribution in [3.8, 4) is 0 Å². The van der Waals surface area contributed by atoms with Crippen molar-refractivity contribution >= 4 is 41.5 Å². The van der Waals surface area contributed by atoms with E-state index in [1.54, 1.807) is 13.8 Å². The predicted molar refractivity (Wildman–Crippen MR) is 127 cm³/mol. The van der Waals surface area contributed by atoms with E-state index in [0.29, 0.717) is 0 Å². The number of nitrogens with zero attached hydrogens (tertiary/aromatic N) is 1. The van der Waals surface area contributed by atoms with Crippen LogP contribution in [0.25, 0.3) is 0 Å². The Labute approximate surface area is 207 Å². The molecule has 0 aliphatic carbocycles. The van der Waals surface area contributed by atoms with Crippen LogP contribution in [0.15, 0.2) is 4.99 Å². The average molecular weight is 517 g/mol. The Morgan fingerprint density at radius 2 is 1.39 bits per heavy atom. The van der Waals surface area contributed by atoms with Crippen molar-refractivity contribution < 1.29 is 39.0 Å². The van der Waals surface area contributed by atoms with Crippen molar-refractivity contribution in [2.75, 3.05) is 6.54 Å². The maximum Gasteiger partial charge on any atom is 0.326 e. The molecule has 204 valence electrons. The van der Waals surface area contributed by atoms with Gasteiger partial charge < -0.3 is 49.1 Å². The highest BCUT2D eigenvalue weighted by molar-refractivity contribution is 5.96. The molecule has 0 aromatic carbocycles. The topological polar surface area (TPSA) is 295 Å². The number of amides is 4. The summed E-state index contributed by atoms with van der Waals surface area (Å²) in [6, 6.07) is -5.34. The third-order valence-electron chi connectivity index (χ3n) is 4.85. The smallest absolute Gasteiger partial charge is 0.326 e. The van der Waals surface area contributed by atoms with Crippen LogP contribution in [0.1, 0.15) is 46.0 Å². The molecule has 0 bridgehead atoms. The van der Waals surface area contributed by atoms with Crippen LogP contribution in [0.2, 0.25) is 0 Å². The lowest BCUT2D eigenvalue weighted by Crippen LogP contribution is -2.58. The Balaban J connectivity index is 5.62. The van der Waals surface area contributed by atoms with Gasteiger partial charge in [-0.15, -0.1) is 0 Å². The zero-order valence-corrected chi connectivity index (χ0v) is 20.2. The first-order valence-corrected chi connectivity index (χ1v) is 11.1. The Bertz CT molecular complexity index is 844. The van der Waals surface area contributed by atoms with Gasteiger partial charge in [0.15, 0.2) is 5.96 Å². The van der Waals surface area contributed by atoms with Crippen LogP contribution in [0.3, 0.4) is 0 Å². The number of aliphatic carboxylic acids is 2. The summed E-state index contributed by atoms with van der Waals surface area (Å²) in [7, 11) is 0. The number of nitrogens with two attached hydrogens (primary N) is 4. The summed E-state index contributed by atoms with van der Waals surface area (Å²) in [6.45, 7) is 3.27. The highest BCUT2D eigenvalue weighted by Gasteiger charge is 2.31. The lowest BCUT2D eigenvalue weighted by Gasteiger charge is -2.25. The monoisotopic (exact) mass is 516 g/mol. The number of hydrogen-bond acceptors (Lipinski definition) is 8. The quantitative estimate of drug-likeness (QED) is 0.0514. The van der Waals surface area contributed by atoms with Gasteiger partial charge in [0.2, 0.25) is 23.6 Å². The molecule has 0 saturated carbocycles. The number of hydrogen-bond donors (Lipinski definition) is 9. The number of carbonyl (C=O) groups is 6. The van der Waals surface area contributed by atoms with E-state index in [1.807, 2.05) is 0 Å². The molecule has 0 aromatic heterocycles. The predicted octanol–water partition coefficient (Wildman–Crippen LogP) is -3.70. The number of nitrogens with one attached hydrogen (secondary N) is 3. The average Bonchev–Trinajstić information content (AvgIpc) is 2.75. The van der Waals surface area contributed by atoms with Gasteiger partial charge in [0.25, 0.3) is 0 Å². The molecule has 0 fully saturated rings. The molecule has 0 aliphatic heterocycles. The number of carbonyl (C=O) groups excluding carboxylic acids is 4. The summed E-state index contributed by atoms with van der Waals surface area (Å²) in [5.41, 5.74) is 21.3. The first-order valence-electron chi connectivity index (χ1n) is 11.1. The Kier molecular flexibility index (Phi) is 14.1. The van der Waals surface area contributed by atoms with Crippen LogP contribution in [-0.4, -0.2) is 82.5 Å². The Morgan fingerprint density at radius 3 is 1.86 bits per heavy atom. The second-order valence-electron chi connectivity index (χ2n) is 8.35. The number of carboxylic acids is 2. The Morgan fingerprint density at radius 1 is 0.833 bits per heavy atom. The van der Waals surface area contributed by atoms with Gasteiger partial charge in [-0.2, -0.15) is 0 Å². The minimum atomic E-state index is -1.53. The minimum Gasteiger partial charge on any atom is -0.481 e. The molecule has 4 atom stereocenters. The molecule has 0 spiro atoms. The molecule has 0 radical (unpaired) electrons. The summed E-state index contributed by atoms with van der Waals surface area (Å²) >= 11 is 0. The van der Waals surface area contributed by atoms with Crippen LogP contribution in [0.4, 0.5) is 0 Å². The van der Waals surface area contributed by atoms with Crippen LogP contribution >= 0.6 is 0 Å². The third-order valence-corrected chi connectivity index (χ3v) is 4.85. The van der Waals surface area contributed by atoms with Crippen LogP contribution < -0.4 is 38.9 Å². The van der Waals surface area contributed by atoms with Gasteiger partial charge in [0.05, 0.1) is 12.5 Å². The molecule has 16 heteroatoms. The largest absolute Gasteiger partial charge is 0.481 e. The summed E-state index contributed by atoms with van der Waals surface area (Å²) in [6.07, 6.45) is -1.08. The van der Waals surface area contributed by atoms with E-state index in [9.17, 15) is 33.9 Å². The molecule has 13 N–H and O–H groups in total. The zero-order chi connectivity index (χ0) is 28.0. The third kappa shape index (κ3) is 13.1. The van der Waals surface area contributed by atoms with E-state index in [0.717, 1.165) is 0 Å². The van der Waals surface area contributed by atoms with Gasteiger partial charge in [0, 0.05) is 13.0 Å². The van der Waals surface area contributed by atoms with E-state index in [4.69, 9.17) is 28.0 Å². The van der Waals surface area contributed by atoms with Gasteiger partial charge in [-0.05, 0) is 25.2 Å². The first-order chi connectivity index (χ1) is 16.6. The maximum atomic E-state index is 12.9. The van der Waals surface area contributed by atoms with Gasteiger partial charge in [-0.25, -0.2) is 4.79 Å². The fraction of sp³-hybridized carbons (Fsp3) is 0.650. The van der Waals surface area contributed by atoms with E-state index < -0.39 is 78.5 Å². The summed E-state index contributed by atoms with van der Waals surface area (Å²) in [5, 5.41) is 25.0. The van der Waals surface area contributed by atoms with Crippen molar-refractivity contribution in [1.82, 2.24) is 16.0 Å². The molecule has 0 rings (SSSR count). The fourth-order valence-electron chi connectivity index (χ4n) is 2.91.